The summed E-state index contributed by atoms with van der Waals surface area (Å²) in [6.07, 6.45) is 5.63. The molecule has 11 nitrogen and oxygen atoms in total. The van der Waals surface area contributed by atoms with Crippen LogP contribution in [0.15, 0.2) is 30.3 Å². The minimum Gasteiger partial charge on any atom is -0.467 e. The zero-order valence-electron chi connectivity index (χ0n) is 40.0. The largest absolute Gasteiger partial charge is 0.467 e. The van der Waals surface area contributed by atoms with Crippen LogP contribution in [0.5, 0.6) is 0 Å². The number of likely N-dealkylation sites (N-methyl/N-ethyl adjacent to an activating group) is 1. The maximum absolute atomic E-state index is 12.8. The highest BCUT2D eigenvalue weighted by Gasteiger charge is 2.38. The number of hydrogen-bond acceptors (Lipinski definition) is 8. The number of nitrogens with zero attached hydrogens (tertiary/aromatic N) is 2. The van der Waals surface area contributed by atoms with E-state index in [2.05, 4.69) is 39.9 Å². The Kier molecular flexibility index (Phi) is 53.7. The fraction of sp³-hybridized carbons (Fsp3) is 0.778. The molecule has 0 spiro atoms. The van der Waals surface area contributed by atoms with Crippen LogP contribution in [0, 0.1) is 11.8 Å². The quantitative estimate of drug-likeness (QED) is 0.125. The standard InChI is InChI=1S/C20H28N2O5.C12H26N2O2.C3H8.5C2H6/c1-14(18(26-2)17-10-7-11-22(17)13-23)19(24)21-16(20(25)27-3)12-15-8-5-4-6-9-15;1-6-9(3)12(10(7-2)16-5)14(4)11(15)8-13;1-3-2;5*1-2/h4-6,8-9,13-14,16-18H,7,10-12H2,1-3H3,(H,21,24);9-10,12H,6-8,13H2,1-5H3;3H2,1-2H3;5*1-2H3. The summed E-state index contributed by atoms with van der Waals surface area (Å²) in [5.74, 6) is -0.940. The third kappa shape index (κ3) is 26.8. The fourth-order valence-corrected chi connectivity index (χ4v) is 5.73. The average Bonchev–Trinajstić information content (AvgIpc) is 3.74. The molecule has 0 radical (unpaired) electrons. The summed E-state index contributed by atoms with van der Waals surface area (Å²) in [5, 5.41) is 2.79. The predicted molar refractivity (Wildman–Crippen MR) is 239 cm³/mol. The van der Waals surface area contributed by atoms with E-state index in [1.54, 1.807) is 23.8 Å². The number of esters is 1. The Balaban J connectivity index is -0.000000184. The second-order valence-corrected chi connectivity index (χ2v) is 11.8. The van der Waals surface area contributed by atoms with Crippen LogP contribution in [0.2, 0.25) is 0 Å². The summed E-state index contributed by atoms with van der Waals surface area (Å²) < 4.78 is 15.9. The lowest BCUT2D eigenvalue weighted by atomic mass is 9.91. The summed E-state index contributed by atoms with van der Waals surface area (Å²) in [6.45, 7) is 33.1. The van der Waals surface area contributed by atoms with Crippen LogP contribution >= 0.6 is 0 Å². The molecule has 1 aliphatic heterocycles. The van der Waals surface area contributed by atoms with Crippen LogP contribution in [-0.4, -0.2) is 106 Å². The number of nitrogens with one attached hydrogen (secondary N) is 1. The highest BCUT2D eigenvalue weighted by molar-refractivity contribution is 5.86. The van der Waals surface area contributed by atoms with Gasteiger partial charge in [-0.2, -0.15) is 0 Å². The molecule has 1 heterocycles. The van der Waals surface area contributed by atoms with Gasteiger partial charge in [-0.25, -0.2) is 4.79 Å². The molecule has 0 aliphatic carbocycles. The van der Waals surface area contributed by atoms with Crippen molar-refractivity contribution in [3.63, 3.8) is 0 Å². The number of amides is 3. The Labute approximate surface area is 346 Å². The van der Waals surface area contributed by atoms with Crippen molar-refractivity contribution in [1.82, 2.24) is 15.1 Å². The smallest absolute Gasteiger partial charge is 0.328 e. The van der Waals surface area contributed by atoms with E-state index in [1.807, 2.05) is 107 Å². The molecule has 1 aromatic rings. The molecule has 0 aromatic heterocycles. The molecule has 1 aromatic carbocycles. The first-order valence-corrected chi connectivity index (χ1v) is 21.6. The molecule has 2 rings (SSSR count). The Morgan fingerprint density at radius 1 is 0.875 bits per heavy atom. The van der Waals surface area contributed by atoms with Crippen molar-refractivity contribution in [1.29, 1.82) is 0 Å². The van der Waals surface area contributed by atoms with Gasteiger partial charge in [0, 0.05) is 34.2 Å². The van der Waals surface area contributed by atoms with Crippen LogP contribution in [0.1, 0.15) is 148 Å². The summed E-state index contributed by atoms with van der Waals surface area (Å²) in [5.41, 5.74) is 6.33. The molecule has 11 heteroatoms. The zero-order valence-corrected chi connectivity index (χ0v) is 40.0. The Bertz CT molecular complexity index is 996. The van der Waals surface area contributed by atoms with Crippen LogP contribution < -0.4 is 11.1 Å². The number of hydrogen-bond donors (Lipinski definition) is 2. The Morgan fingerprint density at radius 3 is 1.75 bits per heavy atom. The molecule has 3 N–H and O–H groups in total. The van der Waals surface area contributed by atoms with Crippen molar-refractivity contribution in [2.45, 2.75) is 180 Å². The van der Waals surface area contributed by atoms with Crippen LogP contribution in [0.3, 0.4) is 0 Å². The summed E-state index contributed by atoms with van der Waals surface area (Å²) in [6, 6.07) is 8.62. The second-order valence-electron chi connectivity index (χ2n) is 11.8. The maximum atomic E-state index is 12.8. The maximum Gasteiger partial charge on any atom is 0.328 e. The average molecular weight is 801 g/mol. The number of benzene rings is 1. The predicted octanol–water partition coefficient (Wildman–Crippen LogP) is 8.95. The minimum atomic E-state index is -0.782. The van der Waals surface area contributed by atoms with Crippen molar-refractivity contribution in [3.8, 4) is 0 Å². The van der Waals surface area contributed by atoms with Crippen molar-refractivity contribution in [3.05, 3.63) is 35.9 Å². The van der Waals surface area contributed by atoms with Gasteiger partial charge >= 0.3 is 5.97 Å². The number of likely N-dealkylation sites (tertiary alicyclic amines) is 1. The molecule has 0 saturated carbocycles. The minimum absolute atomic E-state index is 0.0270. The van der Waals surface area contributed by atoms with E-state index >= 15 is 0 Å². The van der Waals surface area contributed by atoms with Crippen molar-refractivity contribution >= 4 is 24.2 Å². The van der Waals surface area contributed by atoms with E-state index in [4.69, 9.17) is 19.9 Å². The molecule has 56 heavy (non-hydrogen) atoms. The molecule has 7 unspecified atom stereocenters. The lowest BCUT2D eigenvalue weighted by Gasteiger charge is -2.37. The van der Waals surface area contributed by atoms with E-state index in [1.165, 1.54) is 20.6 Å². The topological polar surface area (TPSA) is 140 Å². The third-order valence-corrected chi connectivity index (χ3v) is 8.45. The first kappa shape index (κ1) is 64.9. The molecule has 1 aliphatic rings. The molecule has 3 amide bonds. The third-order valence-electron chi connectivity index (χ3n) is 8.45. The Hall–Kier alpha value is -3.02. The van der Waals surface area contributed by atoms with Gasteiger partial charge < -0.3 is 35.1 Å². The monoisotopic (exact) mass is 801 g/mol. The molecular weight excluding hydrogens is 709 g/mol. The summed E-state index contributed by atoms with van der Waals surface area (Å²) >= 11 is 0. The van der Waals surface area contributed by atoms with E-state index in [-0.39, 0.29) is 36.5 Å². The van der Waals surface area contributed by atoms with Crippen molar-refractivity contribution < 1.29 is 33.4 Å². The first-order valence-electron chi connectivity index (χ1n) is 21.6. The lowest BCUT2D eigenvalue weighted by molar-refractivity contribution is -0.146. The van der Waals surface area contributed by atoms with Gasteiger partial charge in [0.25, 0.3) is 0 Å². The molecule has 0 bridgehead atoms. The number of nitrogens with two attached hydrogens (primary N) is 1. The number of methoxy groups -OCH3 is 3. The van der Waals surface area contributed by atoms with Gasteiger partial charge in [0.2, 0.25) is 18.2 Å². The van der Waals surface area contributed by atoms with Crippen molar-refractivity contribution in [2.75, 3.05) is 41.5 Å². The van der Waals surface area contributed by atoms with E-state index in [9.17, 15) is 19.2 Å². The highest BCUT2D eigenvalue weighted by Crippen LogP contribution is 2.25. The second kappa shape index (κ2) is 46.4. The highest BCUT2D eigenvalue weighted by atomic mass is 16.5. The van der Waals surface area contributed by atoms with Crippen LogP contribution in [-0.2, 0) is 39.8 Å². The number of carbonyl (C=O) groups excluding carboxylic acids is 4. The number of ether oxygens (including phenoxy) is 3. The first-order chi connectivity index (χ1) is 27.0. The fourth-order valence-electron chi connectivity index (χ4n) is 5.73. The Morgan fingerprint density at radius 2 is 1.38 bits per heavy atom. The lowest BCUT2D eigenvalue weighted by Crippen LogP contribution is -2.51. The van der Waals surface area contributed by atoms with E-state index in [0.29, 0.717) is 18.9 Å². The van der Waals surface area contributed by atoms with Gasteiger partial charge in [0.15, 0.2) is 0 Å². The van der Waals surface area contributed by atoms with Gasteiger partial charge in [-0.05, 0) is 30.7 Å². The number of carbonyl (C=O) groups is 4. The summed E-state index contributed by atoms with van der Waals surface area (Å²) in [7, 11) is 6.35. The number of rotatable bonds is 16. The van der Waals surface area contributed by atoms with E-state index in [0.717, 1.165) is 37.7 Å². The molecule has 1 fully saturated rings. The zero-order chi connectivity index (χ0) is 45.2. The van der Waals surface area contributed by atoms with Gasteiger partial charge in [0.05, 0.1) is 43.9 Å². The summed E-state index contributed by atoms with van der Waals surface area (Å²) in [4.78, 5) is 51.3. The van der Waals surface area contributed by atoms with Gasteiger partial charge in [-0.3, -0.25) is 14.4 Å². The van der Waals surface area contributed by atoms with E-state index < -0.39 is 24.0 Å². The SMILES string of the molecule is CC.CC.CC.CC.CC.CCC.CCC(C)C(C(CC)OC)N(C)C(=O)CN.COC(=O)C(Cc1ccccc1)NC(=O)C(C)C(OC)C1CCCN1C=O. The van der Waals surface area contributed by atoms with Gasteiger partial charge in [-0.15, -0.1) is 0 Å². The normalized spacial score (nSPS) is 15.2. The van der Waals surface area contributed by atoms with Gasteiger partial charge in [-0.1, -0.05) is 154 Å². The van der Waals surface area contributed by atoms with Crippen molar-refractivity contribution in [2.24, 2.45) is 17.6 Å². The molecular formula is C45H92N4O7. The molecule has 334 valence electrons. The van der Waals surface area contributed by atoms with Crippen LogP contribution in [0.4, 0.5) is 0 Å². The molecule has 7 atom stereocenters. The molecule has 1 saturated heterocycles. The van der Waals surface area contributed by atoms with Crippen LogP contribution in [0.25, 0.3) is 0 Å². The van der Waals surface area contributed by atoms with Gasteiger partial charge in [0.1, 0.15) is 6.04 Å².